The van der Waals surface area contributed by atoms with E-state index in [0.717, 1.165) is 42.7 Å². The first-order valence-electron chi connectivity index (χ1n) is 7.79. The maximum atomic E-state index is 6.17. The van der Waals surface area contributed by atoms with Crippen LogP contribution < -0.4 is 10.6 Å². The van der Waals surface area contributed by atoms with E-state index < -0.39 is 0 Å². The Bertz CT molecular complexity index is 637. The Morgan fingerprint density at radius 1 is 1.30 bits per heavy atom. The van der Waals surface area contributed by atoms with Crippen molar-refractivity contribution in [3.63, 3.8) is 0 Å². The highest BCUT2D eigenvalue weighted by Gasteiger charge is 2.02. The molecule has 0 amide bonds. The molecule has 0 aliphatic carbocycles. The molecule has 0 saturated heterocycles. The van der Waals surface area contributed by atoms with Gasteiger partial charge in [-0.3, -0.25) is 4.68 Å². The summed E-state index contributed by atoms with van der Waals surface area (Å²) in [5, 5.41) is 11.4. The van der Waals surface area contributed by atoms with Crippen molar-refractivity contribution >= 4 is 17.6 Å². The minimum absolute atomic E-state index is 0.496. The second kappa shape index (κ2) is 9.15. The highest BCUT2D eigenvalue weighted by atomic mass is 35.5. The SMILES string of the molecule is CCNC(=NCc1ncnn1C)NCCCc1ccccc1Cl. The van der Waals surface area contributed by atoms with Crippen molar-refractivity contribution in [2.75, 3.05) is 13.1 Å². The molecule has 6 nitrogen and oxygen atoms in total. The average Bonchev–Trinajstić information content (AvgIpc) is 2.96. The third kappa shape index (κ3) is 5.56. The van der Waals surface area contributed by atoms with Gasteiger partial charge in [0.1, 0.15) is 18.7 Å². The predicted molar refractivity (Wildman–Crippen MR) is 93.6 cm³/mol. The van der Waals surface area contributed by atoms with Gasteiger partial charge >= 0.3 is 0 Å². The molecule has 0 fully saturated rings. The van der Waals surface area contributed by atoms with E-state index in [-0.39, 0.29) is 0 Å². The van der Waals surface area contributed by atoms with Gasteiger partial charge in [-0.2, -0.15) is 5.10 Å². The van der Waals surface area contributed by atoms with Crippen LogP contribution in [0.3, 0.4) is 0 Å². The number of hydrogen-bond donors (Lipinski definition) is 2. The summed E-state index contributed by atoms with van der Waals surface area (Å²) in [6.45, 7) is 4.19. The molecule has 1 aromatic heterocycles. The normalized spacial score (nSPS) is 11.5. The fraction of sp³-hybridized carbons (Fsp3) is 0.438. The Morgan fingerprint density at radius 3 is 2.83 bits per heavy atom. The van der Waals surface area contributed by atoms with E-state index in [0.29, 0.717) is 6.54 Å². The fourth-order valence-corrected chi connectivity index (χ4v) is 2.37. The molecule has 0 saturated carbocycles. The number of guanidine groups is 1. The topological polar surface area (TPSA) is 67.1 Å². The molecule has 7 heteroatoms. The highest BCUT2D eigenvalue weighted by Crippen LogP contribution is 2.16. The number of aliphatic imine (C=N–C) groups is 1. The molecule has 0 spiro atoms. The third-order valence-electron chi connectivity index (χ3n) is 3.40. The van der Waals surface area contributed by atoms with Crippen LogP contribution in [0, 0.1) is 0 Å². The Labute approximate surface area is 142 Å². The molecule has 2 aromatic rings. The van der Waals surface area contributed by atoms with Crippen molar-refractivity contribution in [3.05, 3.63) is 47.0 Å². The van der Waals surface area contributed by atoms with Crippen molar-refractivity contribution in [2.24, 2.45) is 12.0 Å². The maximum absolute atomic E-state index is 6.17. The number of nitrogens with one attached hydrogen (secondary N) is 2. The molecule has 23 heavy (non-hydrogen) atoms. The number of rotatable bonds is 7. The smallest absolute Gasteiger partial charge is 0.191 e. The summed E-state index contributed by atoms with van der Waals surface area (Å²) in [4.78, 5) is 8.69. The second-order valence-corrected chi connectivity index (χ2v) is 5.52. The number of aryl methyl sites for hydroxylation is 2. The monoisotopic (exact) mass is 334 g/mol. The van der Waals surface area contributed by atoms with E-state index in [1.54, 1.807) is 4.68 Å². The van der Waals surface area contributed by atoms with Gasteiger partial charge in [0, 0.05) is 25.2 Å². The zero-order valence-electron chi connectivity index (χ0n) is 13.6. The largest absolute Gasteiger partial charge is 0.357 e. The minimum Gasteiger partial charge on any atom is -0.357 e. The van der Waals surface area contributed by atoms with Gasteiger partial charge in [-0.15, -0.1) is 0 Å². The van der Waals surface area contributed by atoms with Crippen LogP contribution in [-0.2, 0) is 20.0 Å². The van der Waals surface area contributed by atoms with Crippen molar-refractivity contribution in [3.8, 4) is 0 Å². The minimum atomic E-state index is 0.496. The lowest BCUT2D eigenvalue weighted by molar-refractivity contribution is 0.694. The molecule has 2 N–H and O–H groups in total. The van der Waals surface area contributed by atoms with E-state index in [2.05, 4.69) is 31.8 Å². The van der Waals surface area contributed by atoms with Crippen molar-refractivity contribution in [2.45, 2.75) is 26.3 Å². The summed E-state index contributed by atoms with van der Waals surface area (Å²) in [7, 11) is 1.86. The molecule has 0 unspecified atom stereocenters. The summed E-state index contributed by atoms with van der Waals surface area (Å²) in [5.41, 5.74) is 1.18. The van der Waals surface area contributed by atoms with Gasteiger partial charge in [-0.05, 0) is 31.4 Å². The van der Waals surface area contributed by atoms with Gasteiger partial charge in [0.25, 0.3) is 0 Å². The highest BCUT2D eigenvalue weighted by molar-refractivity contribution is 6.31. The third-order valence-corrected chi connectivity index (χ3v) is 3.77. The molecular formula is C16H23ClN6. The molecule has 1 aromatic carbocycles. The average molecular weight is 335 g/mol. The van der Waals surface area contributed by atoms with E-state index in [9.17, 15) is 0 Å². The molecule has 1 heterocycles. The summed E-state index contributed by atoms with van der Waals surface area (Å²) in [6, 6.07) is 7.96. The van der Waals surface area contributed by atoms with Crippen LogP contribution in [0.2, 0.25) is 5.02 Å². The zero-order chi connectivity index (χ0) is 16.5. The summed E-state index contributed by atoms with van der Waals surface area (Å²) in [6.07, 6.45) is 3.46. The Balaban J connectivity index is 1.80. The quantitative estimate of drug-likeness (QED) is 0.462. The van der Waals surface area contributed by atoms with Gasteiger partial charge in [-0.25, -0.2) is 9.98 Å². The Kier molecular flexibility index (Phi) is 6.87. The van der Waals surface area contributed by atoms with Gasteiger partial charge in [0.05, 0.1) is 0 Å². The van der Waals surface area contributed by atoms with Crippen LogP contribution in [0.1, 0.15) is 24.7 Å². The summed E-state index contributed by atoms with van der Waals surface area (Å²) < 4.78 is 1.73. The lowest BCUT2D eigenvalue weighted by Gasteiger charge is -2.11. The first-order chi connectivity index (χ1) is 11.2. The number of aromatic nitrogens is 3. The number of nitrogens with zero attached hydrogens (tertiary/aromatic N) is 4. The van der Waals surface area contributed by atoms with Gasteiger partial charge in [0.2, 0.25) is 0 Å². The van der Waals surface area contributed by atoms with E-state index >= 15 is 0 Å². The van der Waals surface area contributed by atoms with E-state index in [4.69, 9.17) is 11.6 Å². The second-order valence-electron chi connectivity index (χ2n) is 5.12. The van der Waals surface area contributed by atoms with Crippen LogP contribution >= 0.6 is 11.6 Å². The van der Waals surface area contributed by atoms with Crippen molar-refractivity contribution in [1.82, 2.24) is 25.4 Å². The lowest BCUT2D eigenvalue weighted by Crippen LogP contribution is -2.38. The molecule has 0 bridgehead atoms. The van der Waals surface area contributed by atoms with Gasteiger partial charge in [-0.1, -0.05) is 29.8 Å². The van der Waals surface area contributed by atoms with Crippen LogP contribution in [0.5, 0.6) is 0 Å². The fourth-order valence-electron chi connectivity index (χ4n) is 2.14. The zero-order valence-corrected chi connectivity index (χ0v) is 14.3. The molecule has 0 radical (unpaired) electrons. The molecule has 124 valence electrons. The van der Waals surface area contributed by atoms with Crippen LogP contribution in [0.25, 0.3) is 0 Å². The first-order valence-corrected chi connectivity index (χ1v) is 8.17. The Morgan fingerprint density at radius 2 is 2.13 bits per heavy atom. The van der Waals surface area contributed by atoms with Crippen molar-refractivity contribution in [1.29, 1.82) is 0 Å². The Hall–Kier alpha value is -2.08. The first kappa shape index (κ1) is 17.3. The number of benzene rings is 1. The van der Waals surface area contributed by atoms with E-state index in [1.165, 1.54) is 11.9 Å². The van der Waals surface area contributed by atoms with Crippen molar-refractivity contribution < 1.29 is 0 Å². The van der Waals surface area contributed by atoms with E-state index in [1.807, 2.05) is 32.2 Å². The maximum Gasteiger partial charge on any atom is 0.191 e. The van der Waals surface area contributed by atoms with Crippen LogP contribution in [0.15, 0.2) is 35.6 Å². The lowest BCUT2D eigenvalue weighted by atomic mass is 10.1. The number of hydrogen-bond acceptors (Lipinski definition) is 3. The van der Waals surface area contributed by atoms with Gasteiger partial charge < -0.3 is 10.6 Å². The van der Waals surface area contributed by atoms with Crippen LogP contribution in [-0.4, -0.2) is 33.8 Å². The standard InChI is InChI=1S/C16H23ClN6/c1-3-18-16(20-11-15-21-12-22-23(15)2)19-10-6-8-13-7-4-5-9-14(13)17/h4-5,7,9,12H,3,6,8,10-11H2,1-2H3,(H2,18,19,20). The molecular weight excluding hydrogens is 312 g/mol. The summed E-state index contributed by atoms with van der Waals surface area (Å²) in [5.74, 6) is 1.62. The predicted octanol–water partition coefficient (Wildman–Crippen LogP) is 2.16. The number of halogens is 1. The molecule has 0 aliphatic rings. The summed E-state index contributed by atoms with van der Waals surface area (Å²) >= 11 is 6.17. The molecule has 2 rings (SSSR count). The van der Waals surface area contributed by atoms with Gasteiger partial charge in [0.15, 0.2) is 5.96 Å². The molecule has 0 atom stereocenters. The van der Waals surface area contributed by atoms with Crippen LogP contribution in [0.4, 0.5) is 0 Å². The molecule has 0 aliphatic heterocycles.